The van der Waals surface area contributed by atoms with Gasteiger partial charge in [-0.15, -0.1) is 0 Å². The van der Waals surface area contributed by atoms with Crippen LogP contribution in [0.4, 0.5) is 4.39 Å². The predicted octanol–water partition coefficient (Wildman–Crippen LogP) is 4.69. The van der Waals surface area contributed by atoms with Crippen molar-refractivity contribution in [1.29, 1.82) is 0 Å². The van der Waals surface area contributed by atoms with Gasteiger partial charge < -0.3 is 10.1 Å². The lowest BCUT2D eigenvalue weighted by Crippen LogP contribution is -2.12. The fourth-order valence-corrected chi connectivity index (χ4v) is 2.44. The van der Waals surface area contributed by atoms with E-state index < -0.39 is 0 Å². The summed E-state index contributed by atoms with van der Waals surface area (Å²) in [5.41, 5.74) is 3.26. The first kappa shape index (κ1) is 16.2. The third-order valence-corrected chi connectivity index (χ3v) is 3.72. The first-order valence-electron chi connectivity index (χ1n) is 8.00. The maximum absolute atomic E-state index is 13.1. The Bertz CT molecular complexity index is 756. The Kier molecular flexibility index (Phi) is 5.59. The maximum Gasteiger partial charge on any atom is 0.123 e. The Labute approximate surface area is 141 Å². The molecule has 2 nitrogen and oxygen atoms in total. The Balaban J connectivity index is 1.46. The van der Waals surface area contributed by atoms with E-state index in [1.54, 1.807) is 12.1 Å². The molecule has 0 aliphatic carbocycles. The van der Waals surface area contributed by atoms with E-state index in [1.807, 2.05) is 60.7 Å². The number of benzene rings is 3. The van der Waals surface area contributed by atoms with Crippen molar-refractivity contribution >= 4 is 0 Å². The van der Waals surface area contributed by atoms with Gasteiger partial charge in [-0.3, -0.25) is 0 Å². The summed E-state index contributed by atoms with van der Waals surface area (Å²) in [4.78, 5) is 0. The van der Waals surface area contributed by atoms with Gasteiger partial charge in [-0.1, -0.05) is 54.6 Å². The average Bonchev–Trinajstić information content (AvgIpc) is 2.62. The lowest BCUT2D eigenvalue weighted by Gasteiger charge is -2.08. The minimum Gasteiger partial charge on any atom is -0.489 e. The van der Waals surface area contributed by atoms with Crippen molar-refractivity contribution in [1.82, 2.24) is 5.32 Å². The SMILES string of the molecule is Fc1cccc(CNCc2ccc(OCc3ccccc3)cc2)c1. The molecule has 1 N–H and O–H groups in total. The fraction of sp³-hybridized carbons (Fsp3) is 0.143. The van der Waals surface area contributed by atoms with Crippen LogP contribution in [0.1, 0.15) is 16.7 Å². The molecule has 0 spiro atoms. The normalized spacial score (nSPS) is 10.5. The lowest BCUT2D eigenvalue weighted by atomic mass is 10.2. The summed E-state index contributed by atoms with van der Waals surface area (Å²) in [6.07, 6.45) is 0. The highest BCUT2D eigenvalue weighted by Crippen LogP contribution is 2.14. The molecule has 3 heteroatoms. The lowest BCUT2D eigenvalue weighted by molar-refractivity contribution is 0.306. The third kappa shape index (κ3) is 4.93. The Morgan fingerprint density at radius 3 is 2.17 bits per heavy atom. The molecule has 0 bridgehead atoms. The quantitative estimate of drug-likeness (QED) is 0.681. The summed E-state index contributed by atoms with van der Waals surface area (Å²) in [6, 6.07) is 24.8. The summed E-state index contributed by atoms with van der Waals surface area (Å²) in [5, 5.41) is 3.32. The summed E-state index contributed by atoms with van der Waals surface area (Å²) < 4.78 is 18.9. The highest BCUT2D eigenvalue weighted by Gasteiger charge is 1.99. The van der Waals surface area contributed by atoms with Crippen LogP contribution in [0.25, 0.3) is 0 Å². The van der Waals surface area contributed by atoms with Gasteiger partial charge in [0.05, 0.1) is 0 Å². The van der Waals surface area contributed by atoms with Gasteiger partial charge in [0.25, 0.3) is 0 Å². The molecule has 0 aliphatic rings. The zero-order valence-corrected chi connectivity index (χ0v) is 13.4. The second-order valence-electron chi connectivity index (χ2n) is 5.65. The smallest absolute Gasteiger partial charge is 0.123 e. The van der Waals surface area contributed by atoms with E-state index in [0.29, 0.717) is 13.2 Å². The first-order valence-corrected chi connectivity index (χ1v) is 8.00. The molecule has 122 valence electrons. The van der Waals surface area contributed by atoms with E-state index >= 15 is 0 Å². The average molecular weight is 321 g/mol. The van der Waals surface area contributed by atoms with Crippen LogP contribution in [0.15, 0.2) is 78.9 Å². The number of ether oxygens (including phenoxy) is 1. The summed E-state index contributed by atoms with van der Waals surface area (Å²) in [6.45, 7) is 1.94. The van der Waals surface area contributed by atoms with Crippen molar-refractivity contribution in [3.63, 3.8) is 0 Å². The van der Waals surface area contributed by atoms with Crippen molar-refractivity contribution in [2.75, 3.05) is 0 Å². The van der Waals surface area contributed by atoms with Gasteiger partial charge in [0.1, 0.15) is 18.2 Å². The molecule has 3 rings (SSSR count). The molecule has 0 unspecified atom stereocenters. The predicted molar refractivity (Wildman–Crippen MR) is 94.2 cm³/mol. The van der Waals surface area contributed by atoms with Crippen LogP contribution in [0, 0.1) is 5.82 Å². The Morgan fingerprint density at radius 1 is 0.708 bits per heavy atom. The summed E-state index contributed by atoms with van der Waals surface area (Å²) >= 11 is 0. The van der Waals surface area contributed by atoms with Crippen molar-refractivity contribution < 1.29 is 9.13 Å². The zero-order chi connectivity index (χ0) is 16.6. The standard InChI is InChI=1S/C21H20FNO/c22-20-8-4-7-19(13-20)15-23-14-17-9-11-21(12-10-17)24-16-18-5-2-1-3-6-18/h1-13,23H,14-16H2. The van der Waals surface area contributed by atoms with Crippen molar-refractivity contribution in [2.45, 2.75) is 19.7 Å². The largest absolute Gasteiger partial charge is 0.489 e. The highest BCUT2D eigenvalue weighted by molar-refractivity contribution is 5.28. The molecular weight excluding hydrogens is 301 g/mol. The molecule has 3 aromatic carbocycles. The number of nitrogens with one attached hydrogen (secondary N) is 1. The Morgan fingerprint density at radius 2 is 1.42 bits per heavy atom. The summed E-state index contributed by atoms with van der Waals surface area (Å²) in [7, 11) is 0. The molecule has 3 aromatic rings. The minimum absolute atomic E-state index is 0.200. The topological polar surface area (TPSA) is 21.3 Å². The van der Waals surface area contributed by atoms with Gasteiger partial charge in [0, 0.05) is 13.1 Å². The number of rotatable bonds is 7. The van der Waals surface area contributed by atoms with Crippen molar-refractivity contribution in [3.8, 4) is 5.75 Å². The highest BCUT2D eigenvalue weighted by atomic mass is 19.1. The molecule has 0 fully saturated rings. The number of hydrogen-bond acceptors (Lipinski definition) is 2. The molecule has 0 atom stereocenters. The van der Waals surface area contributed by atoms with Crippen LogP contribution in [0.5, 0.6) is 5.75 Å². The summed E-state index contributed by atoms with van der Waals surface area (Å²) in [5.74, 6) is 0.655. The van der Waals surface area contributed by atoms with E-state index in [2.05, 4.69) is 5.32 Å². The molecule has 0 saturated heterocycles. The Hall–Kier alpha value is -2.65. The van der Waals surface area contributed by atoms with Gasteiger partial charge in [0.2, 0.25) is 0 Å². The van der Waals surface area contributed by atoms with Crippen molar-refractivity contribution in [2.24, 2.45) is 0 Å². The maximum atomic E-state index is 13.1. The van der Waals surface area contributed by atoms with Gasteiger partial charge in [-0.2, -0.15) is 0 Å². The van der Waals surface area contributed by atoms with E-state index in [4.69, 9.17) is 4.74 Å². The number of hydrogen-bond donors (Lipinski definition) is 1. The van der Waals surface area contributed by atoms with Crippen LogP contribution in [0.3, 0.4) is 0 Å². The van der Waals surface area contributed by atoms with Crippen LogP contribution < -0.4 is 10.1 Å². The molecule has 0 aromatic heterocycles. The van der Waals surface area contributed by atoms with Crippen LogP contribution in [-0.2, 0) is 19.7 Å². The van der Waals surface area contributed by atoms with Crippen LogP contribution in [0.2, 0.25) is 0 Å². The fourth-order valence-electron chi connectivity index (χ4n) is 2.44. The van der Waals surface area contributed by atoms with Crippen LogP contribution in [-0.4, -0.2) is 0 Å². The molecule has 0 saturated carbocycles. The van der Waals surface area contributed by atoms with E-state index in [9.17, 15) is 4.39 Å². The molecule has 0 heterocycles. The second-order valence-corrected chi connectivity index (χ2v) is 5.65. The molecule has 0 aliphatic heterocycles. The van der Waals surface area contributed by atoms with Crippen LogP contribution >= 0.6 is 0 Å². The van der Waals surface area contributed by atoms with E-state index in [0.717, 1.165) is 23.4 Å². The zero-order valence-electron chi connectivity index (χ0n) is 13.4. The molecular formula is C21H20FNO. The van der Waals surface area contributed by atoms with E-state index in [1.165, 1.54) is 11.6 Å². The van der Waals surface area contributed by atoms with Gasteiger partial charge >= 0.3 is 0 Å². The molecule has 24 heavy (non-hydrogen) atoms. The third-order valence-electron chi connectivity index (χ3n) is 3.72. The first-order chi connectivity index (χ1) is 11.8. The molecule has 0 radical (unpaired) electrons. The molecule has 0 amide bonds. The van der Waals surface area contributed by atoms with Gasteiger partial charge in [-0.05, 0) is 41.0 Å². The second kappa shape index (κ2) is 8.27. The number of halogens is 1. The van der Waals surface area contributed by atoms with E-state index in [-0.39, 0.29) is 5.82 Å². The van der Waals surface area contributed by atoms with Gasteiger partial charge in [0.15, 0.2) is 0 Å². The van der Waals surface area contributed by atoms with Crippen molar-refractivity contribution in [3.05, 3.63) is 101 Å². The minimum atomic E-state index is -0.200. The van der Waals surface area contributed by atoms with Gasteiger partial charge in [-0.25, -0.2) is 4.39 Å². The monoisotopic (exact) mass is 321 g/mol.